The number of carbonyl (C=O) groups excluding carboxylic acids is 2. The number of aromatic nitrogens is 1. The van der Waals surface area contributed by atoms with E-state index in [2.05, 4.69) is 10.3 Å². The lowest BCUT2D eigenvalue weighted by Crippen LogP contribution is -2.31. The van der Waals surface area contributed by atoms with Crippen molar-refractivity contribution in [3.63, 3.8) is 0 Å². The lowest BCUT2D eigenvalue weighted by atomic mass is 10.0. The van der Waals surface area contributed by atoms with E-state index in [4.69, 9.17) is 9.47 Å². The Morgan fingerprint density at radius 1 is 0.925 bits per heavy atom. The molecule has 204 valence electrons. The van der Waals surface area contributed by atoms with Gasteiger partial charge in [0.1, 0.15) is 0 Å². The van der Waals surface area contributed by atoms with E-state index in [1.165, 1.54) is 6.92 Å². The summed E-state index contributed by atoms with van der Waals surface area (Å²) in [6.45, 7) is 1.47. The Morgan fingerprint density at radius 2 is 1.73 bits per heavy atom. The predicted molar refractivity (Wildman–Crippen MR) is 154 cm³/mol. The largest absolute Gasteiger partial charge is 0.392 e. The third kappa shape index (κ3) is 7.03. The molecule has 1 amide bonds. The van der Waals surface area contributed by atoms with E-state index in [1.807, 2.05) is 48.5 Å². The number of nitrogens with zero attached hydrogens (tertiary/aromatic N) is 1. The van der Waals surface area contributed by atoms with Crippen LogP contribution in [0, 0.1) is 0 Å². The summed E-state index contributed by atoms with van der Waals surface area (Å²) in [5, 5.41) is 13.2. The minimum Gasteiger partial charge on any atom is -0.392 e. The highest BCUT2D eigenvalue weighted by molar-refractivity contribution is 7.99. The van der Waals surface area contributed by atoms with Crippen molar-refractivity contribution in [3.8, 4) is 0 Å². The summed E-state index contributed by atoms with van der Waals surface area (Å²) >= 11 is 1.63. The Hall–Kier alpha value is -3.82. The number of anilines is 1. The van der Waals surface area contributed by atoms with Gasteiger partial charge in [-0.1, -0.05) is 54.6 Å². The lowest BCUT2D eigenvalue weighted by molar-refractivity contribution is -0.245. The first-order chi connectivity index (χ1) is 19.5. The van der Waals surface area contributed by atoms with E-state index in [1.54, 1.807) is 60.4 Å². The molecule has 3 unspecified atom stereocenters. The van der Waals surface area contributed by atoms with Gasteiger partial charge in [0.05, 0.1) is 23.8 Å². The zero-order valence-corrected chi connectivity index (χ0v) is 22.8. The quantitative estimate of drug-likeness (QED) is 0.183. The number of carbonyl (C=O) groups is 2. The zero-order chi connectivity index (χ0) is 27.9. The lowest BCUT2D eigenvalue weighted by Gasteiger charge is -2.36. The van der Waals surface area contributed by atoms with Crippen molar-refractivity contribution in [2.75, 3.05) is 11.1 Å². The number of ether oxygens (including phenoxy) is 2. The summed E-state index contributed by atoms with van der Waals surface area (Å²) in [4.78, 5) is 29.2. The number of hydrogen-bond acceptors (Lipinski definition) is 7. The van der Waals surface area contributed by atoms with Gasteiger partial charge in [-0.25, -0.2) is 4.98 Å². The van der Waals surface area contributed by atoms with Crippen LogP contribution in [0.25, 0.3) is 0 Å². The number of nitrogens with one attached hydrogen (secondary N) is 1. The zero-order valence-electron chi connectivity index (χ0n) is 22.0. The number of thioether (sulfide) groups is 1. The van der Waals surface area contributed by atoms with Crippen LogP contribution >= 0.6 is 11.8 Å². The molecule has 0 radical (unpaired) electrons. The van der Waals surface area contributed by atoms with Crippen molar-refractivity contribution in [2.45, 2.75) is 43.5 Å². The maximum absolute atomic E-state index is 13.1. The number of ketones is 1. The normalized spacial score (nSPS) is 18.7. The highest BCUT2D eigenvalue weighted by Crippen LogP contribution is 2.39. The van der Waals surface area contributed by atoms with Crippen LogP contribution < -0.4 is 5.32 Å². The second-order valence-electron chi connectivity index (χ2n) is 9.55. The van der Waals surface area contributed by atoms with Gasteiger partial charge in [0.15, 0.2) is 12.1 Å². The highest BCUT2D eigenvalue weighted by atomic mass is 32.2. The molecule has 5 rings (SSSR count). The molecule has 3 atom stereocenters. The van der Waals surface area contributed by atoms with Gasteiger partial charge in [-0.2, -0.15) is 0 Å². The first kappa shape index (κ1) is 27.7. The molecule has 0 spiro atoms. The van der Waals surface area contributed by atoms with Crippen LogP contribution in [0.2, 0.25) is 0 Å². The molecular weight excluding hydrogens is 524 g/mol. The molecule has 3 aromatic carbocycles. The van der Waals surface area contributed by atoms with E-state index >= 15 is 0 Å². The van der Waals surface area contributed by atoms with Gasteiger partial charge >= 0.3 is 0 Å². The minimum absolute atomic E-state index is 0.0191. The summed E-state index contributed by atoms with van der Waals surface area (Å²) in [5.74, 6) is 0.326. The van der Waals surface area contributed by atoms with E-state index in [0.717, 1.165) is 21.7 Å². The van der Waals surface area contributed by atoms with E-state index in [-0.39, 0.29) is 30.5 Å². The number of aliphatic hydroxyl groups is 1. The van der Waals surface area contributed by atoms with Crippen molar-refractivity contribution >= 4 is 29.1 Å². The van der Waals surface area contributed by atoms with E-state index in [9.17, 15) is 14.7 Å². The molecule has 1 aliphatic heterocycles. The SMILES string of the molecule is CC(=O)c1cccc(NC(=O)c2cccc(C3OC(CSc4ccccn4)CC(c4ccc(CO)cc4)O3)c2)c1. The molecule has 7 nitrogen and oxygen atoms in total. The average Bonchev–Trinajstić information content (AvgIpc) is 3.00. The van der Waals surface area contributed by atoms with Gasteiger partial charge in [-0.3, -0.25) is 9.59 Å². The smallest absolute Gasteiger partial charge is 0.255 e. The maximum atomic E-state index is 13.1. The molecule has 0 saturated carbocycles. The fourth-order valence-electron chi connectivity index (χ4n) is 4.48. The summed E-state index contributed by atoms with van der Waals surface area (Å²) in [6.07, 6.45) is 1.39. The van der Waals surface area contributed by atoms with Crippen LogP contribution in [0.1, 0.15) is 63.1 Å². The standard InChI is InChI=1S/C32H30N2O5S/c1-21(36)24-6-5-9-27(17-24)34-31(37)25-7-4-8-26(16-25)32-38-28(20-40-30-10-2-3-15-33-30)18-29(39-32)23-13-11-22(19-35)12-14-23/h2-17,28-29,32,35H,18-20H2,1H3,(H,34,37). The van der Waals surface area contributed by atoms with Gasteiger partial charge in [0.2, 0.25) is 0 Å². The average molecular weight is 555 g/mol. The first-order valence-corrected chi connectivity index (χ1v) is 14.0. The molecule has 1 fully saturated rings. The number of aliphatic hydroxyl groups excluding tert-OH is 1. The van der Waals surface area contributed by atoms with Crippen LogP contribution in [0.5, 0.6) is 0 Å². The van der Waals surface area contributed by atoms with Crippen LogP contribution in [-0.4, -0.2) is 33.6 Å². The molecule has 2 heterocycles. The number of rotatable bonds is 9. The molecule has 1 aliphatic rings. The van der Waals surface area contributed by atoms with E-state index in [0.29, 0.717) is 29.0 Å². The molecule has 4 aromatic rings. The second kappa shape index (κ2) is 13.0. The number of amides is 1. The molecular formula is C32H30N2O5S. The van der Waals surface area contributed by atoms with Crippen LogP contribution in [0.4, 0.5) is 5.69 Å². The number of benzene rings is 3. The van der Waals surface area contributed by atoms with Crippen LogP contribution in [-0.2, 0) is 16.1 Å². The number of Topliss-reactive ketones (excluding diaryl/α,β-unsaturated/α-hetero) is 1. The van der Waals surface area contributed by atoms with Gasteiger partial charge in [0, 0.05) is 40.7 Å². The Labute approximate surface area is 237 Å². The van der Waals surface area contributed by atoms with Gasteiger partial charge < -0.3 is 19.9 Å². The Kier molecular flexibility index (Phi) is 9.03. The van der Waals surface area contributed by atoms with Gasteiger partial charge in [-0.15, -0.1) is 11.8 Å². The summed E-state index contributed by atoms with van der Waals surface area (Å²) in [6, 6.07) is 27.6. The second-order valence-corrected chi connectivity index (χ2v) is 10.6. The van der Waals surface area contributed by atoms with E-state index < -0.39 is 6.29 Å². The maximum Gasteiger partial charge on any atom is 0.255 e. The first-order valence-electron chi connectivity index (χ1n) is 13.1. The Balaban J connectivity index is 1.35. The molecule has 0 aliphatic carbocycles. The van der Waals surface area contributed by atoms with Crippen LogP contribution in [0.3, 0.4) is 0 Å². The van der Waals surface area contributed by atoms with Crippen molar-refractivity contribution in [2.24, 2.45) is 0 Å². The molecule has 1 aromatic heterocycles. The van der Waals surface area contributed by atoms with Crippen molar-refractivity contribution in [1.82, 2.24) is 4.98 Å². The third-order valence-corrected chi connectivity index (χ3v) is 7.69. The Bertz CT molecular complexity index is 1460. The summed E-state index contributed by atoms with van der Waals surface area (Å²) < 4.78 is 12.8. The summed E-state index contributed by atoms with van der Waals surface area (Å²) in [5.41, 5.74) is 4.09. The summed E-state index contributed by atoms with van der Waals surface area (Å²) in [7, 11) is 0. The topological polar surface area (TPSA) is 97.8 Å². The number of hydrogen-bond donors (Lipinski definition) is 2. The third-order valence-electron chi connectivity index (χ3n) is 6.62. The van der Waals surface area contributed by atoms with Crippen molar-refractivity contribution in [1.29, 1.82) is 0 Å². The molecule has 1 saturated heterocycles. The fourth-order valence-corrected chi connectivity index (χ4v) is 5.36. The van der Waals surface area contributed by atoms with Gasteiger partial charge in [0.25, 0.3) is 5.91 Å². The molecule has 40 heavy (non-hydrogen) atoms. The van der Waals surface area contributed by atoms with Crippen LogP contribution in [0.15, 0.2) is 102 Å². The Morgan fingerprint density at radius 3 is 2.48 bits per heavy atom. The molecule has 0 bridgehead atoms. The molecule has 8 heteroatoms. The van der Waals surface area contributed by atoms with Crippen molar-refractivity contribution in [3.05, 3.63) is 125 Å². The van der Waals surface area contributed by atoms with Crippen molar-refractivity contribution < 1.29 is 24.2 Å². The molecule has 2 N–H and O–H groups in total. The van der Waals surface area contributed by atoms with Gasteiger partial charge in [-0.05, 0) is 54.4 Å². The minimum atomic E-state index is -0.681. The predicted octanol–water partition coefficient (Wildman–Crippen LogP) is 6.37. The highest BCUT2D eigenvalue weighted by Gasteiger charge is 2.32. The number of pyridine rings is 1. The fraction of sp³-hybridized carbons (Fsp3) is 0.219. The monoisotopic (exact) mass is 554 g/mol.